The van der Waals surface area contributed by atoms with Crippen molar-refractivity contribution in [1.82, 2.24) is 19.7 Å². The molecule has 0 N–H and O–H groups in total. The van der Waals surface area contributed by atoms with Gasteiger partial charge < -0.3 is 4.57 Å². The molecule has 17 heavy (non-hydrogen) atoms. The molecule has 1 aromatic heterocycles. The fourth-order valence-corrected chi connectivity index (χ4v) is 3.26. The van der Waals surface area contributed by atoms with Gasteiger partial charge in [-0.15, -0.1) is 10.2 Å². The second kappa shape index (κ2) is 4.41. The third-order valence-electron chi connectivity index (χ3n) is 4.28. The lowest BCUT2D eigenvalue weighted by atomic mass is 10.0. The average Bonchev–Trinajstić information content (AvgIpc) is 2.93. The summed E-state index contributed by atoms with van der Waals surface area (Å²) < 4.78 is 2.40. The first-order valence-electron chi connectivity index (χ1n) is 6.95. The topological polar surface area (TPSA) is 34.0 Å². The van der Waals surface area contributed by atoms with Crippen LogP contribution in [0.15, 0.2) is 0 Å². The van der Waals surface area contributed by atoms with E-state index in [0.717, 1.165) is 25.4 Å². The molecule has 1 fully saturated rings. The summed E-state index contributed by atoms with van der Waals surface area (Å²) in [4.78, 5) is 2.54. The van der Waals surface area contributed by atoms with Crippen LogP contribution < -0.4 is 0 Å². The normalized spacial score (nSPS) is 29.5. The van der Waals surface area contributed by atoms with Crippen LogP contribution in [0.2, 0.25) is 0 Å². The van der Waals surface area contributed by atoms with E-state index in [2.05, 4.69) is 33.5 Å². The van der Waals surface area contributed by atoms with E-state index in [-0.39, 0.29) is 0 Å². The number of fused-ring (bicyclic) bond motifs is 1. The smallest absolute Gasteiger partial charge is 0.150 e. The minimum absolute atomic E-state index is 0.520. The summed E-state index contributed by atoms with van der Waals surface area (Å²) in [7, 11) is 0. The molecule has 1 saturated heterocycles. The number of hydrogen-bond acceptors (Lipinski definition) is 3. The summed E-state index contributed by atoms with van der Waals surface area (Å²) >= 11 is 0. The van der Waals surface area contributed by atoms with Gasteiger partial charge in [-0.1, -0.05) is 13.8 Å². The SMILES string of the molecule is CCN1CCCC1c1nnc2n1CC(C)CC2. The van der Waals surface area contributed by atoms with Gasteiger partial charge in [0.05, 0.1) is 6.04 Å². The van der Waals surface area contributed by atoms with Gasteiger partial charge in [0.15, 0.2) is 0 Å². The molecular weight excluding hydrogens is 212 g/mol. The van der Waals surface area contributed by atoms with E-state index >= 15 is 0 Å². The minimum atomic E-state index is 0.520. The number of rotatable bonds is 2. The van der Waals surface area contributed by atoms with Gasteiger partial charge in [0.1, 0.15) is 11.6 Å². The van der Waals surface area contributed by atoms with Crippen LogP contribution in [0.25, 0.3) is 0 Å². The predicted octanol–water partition coefficient (Wildman–Crippen LogP) is 2.02. The van der Waals surface area contributed by atoms with Gasteiger partial charge in [-0.2, -0.15) is 0 Å². The third-order valence-corrected chi connectivity index (χ3v) is 4.28. The minimum Gasteiger partial charge on any atom is -0.313 e. The van der Waals surface area contributed by atoms with Crippen molar-refractivity contribution in [2.75, 3.05) is 13.1 Å². The van der Waals surface area contributed by atoms with Crippen molar-refractivity contribution in [1.29, 1.82) is 0 Å². The van der Waals surface area contributed by atoms with Crippen molar-refractivity contribution in [3.8, 4) is 0 Å². The maximum absolute atomic E-state index is 4.48. The highest BCUT2D eigenvalue weighted by Gasteiger charge is 2.31. The Morgan fingerprint density at radius 3 is 3.00 bits per heavy atom. The largest absolute Gasteiger partial charge is 0.313 e. The lowest BCUT2D eigenvalue weighted by Crippen LogP contribution is -2.27. The lowest BCUT2D eigenvalue weighted by molar-refractivity contribution is 0.249. The molecule has 2 unspecified atom stereocenters. The highest BCUT2D eigenvalue weighted by Crippen LogP contribution is 2.32. The molecule has 2 aliphatic rings. The molecule has 0 bridgehead atoms. The molecule has 0 amide bonds. The second-order valence-electron chi connectivity index (χ2n) is 5.52. The van der Waals surface area contributed by atoms with E-state index in [1.165, 1.54) is 37.5 Å². The Labute approximate surface area is 103 Å². The molecule has 0 aromatic carbocycles. The van der Waals surface area contributed by atoms with Crippen molar-refractivity contribution < 1.29 is 0 Å². The van der Waals surface area contributed by atoms with Gasteiger partial charge in [-0.05, 0) is 38.3 Å². The highest BCUT2D eigenvalue weighted by atomic mass is 15.3. The number of aryl methyl sites for hydroxylation is 1. The molecule has 2 atom stereocenters. The Morgan fingerprint density at radius 2 is 2.18 bits per heavy atom. The van der Waals surface area contributed by atoms with Gasteiger partial charge in [-0.25, -0.2) is 0 Å². The summed E-state index contributed by atoms with van der Waals surface area (Å²) in [5.41, 5.74) is 0. The molecule has 0 saturated carbocycles. The zero-order chi connectivity index (χ0) is 11.8. The van der Waals surface area contributed by atoms with Gasteiger partial charge >= 0.3 is 0 Å². The number of hydrogen-bond donors (Lipinski definition) is 0. The molecule has 3 heterocycles. The van der Waals surface area contributed by atoms with Gasteiger partial charge in [0.25, 0.3) is 0 Å². The van der Waals surface area contributed by atoms with Gasteiger partial charge in [0.2, 0.25) is 0 Å². The summed E-state index contributed by atoms with van der Waals surface area (Å²) in [6, 6.07) is 0.520. The standard InChI is InChI=1S/C13H22N4/c1-3-16-8-4-5-11(16)13-15-14-12-7-6-10(2)9-17(12)13/h10-11H,3-9H2,1-2H3. The summed E-state index contributed by atoms with van der Waals surface area (Å²) in [5.74, 6) is 3.21. The summed E-state index contributed by atoms with van der Waals surface area (Å²) in [5, 5.41) is 8.87. The molecule has 94 valence electrons. The Morgan fingerprint density at radius 1 is 1.29 bits per heavy atom. The van der Waals surface area contributed by atoms with Crippen molar-refractivity contribution in [2.45, 2.75) is 52.1 Å². The molecule has 2 aliphatic heterocycles. The highest BCUT2D eigenvalue weighted by molar-refractivity contribution is 5.06. The molecule has 1 aromatic rings. The van der Waals surface area contributed by atoms with Crippen LogP contribution in [0.3, 0.4) is 0 Å². The Kier molecular flexibility index (Phi) is 2.90. The van der Waals surface area contributed by atoms with Crippen LogP contribution in [0, 0.1) is 5.92 Å². The van der Waals surface area contributed by atoms with Crippen LogP contribution >= 0.6 is 0 Å². The van der Waals surface area contributed by atoms with E-state index in [0.29, 0.717) is 6.04 Å². The summed E-state index contributed by atoms with van der Waals surface area (Å²) in [6.45, 7) is 8.04. The fourth-order valence-electron chi connectivity index (χ4n) is 3.26. The molecule has 0 aliphatic carbocycles. The van der Waals surface area contributed by atoms with Crippen LogP contribution in [-0.2, 0) is 13.0 Å². The Balaban J connectivity index is 1.90. The third kappa shape index (κ3) is 1.88. The monoisotopic (exact) mass is 234 g/mol. The molecule has 0 spiro atoms. The molecule has 3 rings (SSSR count). The first-order valence-corrected chi connectivity index (χ1v) is 6.95. The first-order chi connectivity index (χ1) is 8.29. The van der Waals surface area contributed by atoms with Crippen molar-refractivity contribution >= 4 is 0 Å². The van der Waals surface area contributed by atoms with E-state index in [9.17, 15) is 0 Å². The van der Waals surface area contributed by atoms with Crippen LogP contribution in [0.1, 0.15) is 50.8 Å². The van der Waals surface area contributed by atoms with Crippen molar-refractivity contribution in [3.63, 3.8) is 0 Å². The first kappa shape index (κ1) is 11.2. The van der Waals surface area contributed by atoms with Crippen LogP contribution in [-0.4, -0.2) is 32.8 Å². The van der Waals surface area contributed by atoms with Gasteiger partial charge in [0, 0.05) is 13.0 Å². The van der Waals surface area contributed by atoms with E-state index < -0.39 is 0 Å². The number of aromatic nitrogens is 3. The van der Waals surface area contributed by atoms with Crippen molar-refractivity contribution in [2.24, 2.45) is 5.92 Å². The molecule has 4 heteroatoms. The van der Waals surface area contributed by atoms with E-state index in [1.54, 1.807) is 0 Å². The predicted molar refractivity (Wildman–Crippen MR) is 66.7 cm³/mol. The summed E-state index contributed by atoms with van der Waals surface area (Å²) in [6.07, 6.45) is 4.92. The second-order valence-corrected chi connectivity index (χ2v) is 5.52. The zero-order valence-electron chi connectivity index (χ0n) is 10.9. The number of likely N-dealkylation sites (tertiary alicyclic amines) is 1. The number of nitrogens with zero attached hydrogens (tertiary/aromatic N) is 4. The van der Waals surface area contributed by atoms with Crippen molar-refractivity contribution in [3.05, 3.63) is 11.6 Å². The fraction of sp³-hybridized carbons (Fsp3) is 0.846. The maximum atomic E-state index is 4.48. The quantitative estimate of drug-likeness (QED) is 0.785. The zero-order valence-corrected chi connectivity index (χ0v) is 10.9. The van der Waals surface area contributed by atoms with Gasteiger partial charge in [-0.3, -0.25) is 4.90 Å². The molecular formula is C13H22N4. The van der Waals surface area contributed by atoms with E-state index in [1.807, 2.05) is 0 Å². The maximum Gasteiger partial charge on any atom is 0.150 e. The van der Waals surface area contributed by atoms with E-state index in [4.69, 9.17) is 0 Å². The average molecular weight is 234 g/mol. The molecule has 4 nitrogen and oxygen atoms in total. The Bertz CT molecular complexity index is 398. The van der Waals surface area contributed by atoms with Crippen LogP contribution in [0.5, 0.6) is 0 Å². The molecule has 0 radical (unpaired) electrons. The van der Waals surface area contributed by atoms with Crippen LogP contribution in [0.4, 0.5) is 0 Å². The Hall–Kier alpha value is -0.900. The lowest BCUT2D eigenvalue weighted by Gasteiger charge is -2.26.